The SMILES string of the molecule is C=CCCCCBr.C=CCCCCN1C(=O)C2=C(c3ccc(Br)s3)N(CCCCC=C)C(=O)C2=C1c1ccc(Br)s1.C=CCCCCN1C(=O)C2=C(c3cccs3)N(CCCCC=C)C(=O)C2=C1c1cccs1.O=C1N=C(c2cccs2)c2c(O)[nH]c(-c3cccs3)c21.[B]=NS. The van der Waals surface area contributed by atoms with E-state index in [2.05, 4.69) is 115 Å². The van der Waals surface area contributed by atoms with Crippen LogP contribution >= 0.6 is 129 Å². The first kappa shape index (κ1) is 75.6. The molecule has 0 bridgehead atoms. The van der Waals surface area contributed by atoms with Crippen molar-refractivity contribution in [3.63, 3.8) is 0 Å². The molecule has 12 rings (SSSR count). The molecule has 1 radical (unpaired) electrons. The summed E-state index contributed by atoms with van der Waals surface area (Å²) in [6.07, 6.45) is 24.3. The number of amides is 5. The Kier molecular flexibility index (Phi) is 30.1. The Morgan fingerprint density at radius 2 is 0.802 bits per heavy atom. The molecule has 0 atom stereocenters. The molecule has 24 heteroatoms. The van der Waals surface area contributed by atoms with Crippen LogP contribution in [0.5, 0.6) is 5.88 Å². The van der Waals surface area contributed by atoms with E-state index < -0.39 is 0 Å². The number of allylic oxidation sites excluding steroid dienone is 5. The molecular formula is C72H74BBr3N7O6S7. The number of H-pyrrole nitrogens is 1. The second-order valence-corrected chi connectivity index (χ2v) is 31.7. The molecule has 2 N–H and O–H groups in total. The number of aromatic nitrogens is 1. The molecule has 13 nitrogen and oxygen atoms in total. The summed E-state index contributed by atoms with van der Waals surface area (Å²) in [5.74, 6) is -0.548. The van der Waals surface area contributed by atoms with Gasteiger partial charge in [-0.1, -0.05) is 70.6 Å². The maximum absolute atomic E-state index is 13.9. The van der Waals surface area contributed by atoms with E-state index in [1.165, 1.54) is 35.5 Å². The number of hydrogen-bond donors (Lipinski definition) is 3. The van der Waals surface area contributed by atoms with Gasteiger partial charge in [-0.25, -0.2) is 4.99 Å². The van der Waals surface area contributed by atoms with Gasteiger partial charge in [0.05, 0.1) is 104 Å². The van der Waals surface area contributed by atoms with Gasteiger partial charge in [0.25, 0.3) is 29.5 Å². The number of halogens is 3. The van der Waals surface area contributed by atoms with Crippen LogP contribution in [0, 0.1) is 0 Å². The van der Waals surface area contributed by atoms with Gasteiger partial charge in [-0.15, -0.1) is 101 Å². The fraction of sp³-hybridized carbons (Fsp3) is 0.278. The van der Waals surface area contributed by atoms with Crippen LogP contribution in [0.15, 0.2) is 197 Å². The van der Waals surface area contributed by atoms with Gasteiger partial charge in [-0.05, 0) is 198 Å². The van der Waals surface area contributed by atoms with E-state index in [0.717, 1.165) is 148 Å². The number of thiophene rings is 6. The number of thiol groups is 1. The van der Waals surface area contributed by atoms with Crippen molar-refractivity contribution in [2.75, 3.05) is 31.5 Å². The number of unbranched alkanes of at least 4 members (excludes halogenated alkanes) is 10. The molecule has 7 aromatic rings. The molecule has 0 unspecified atom stereocenters. The second-order valence-electron chi connectivity index (χ2n) is 21.9. The zero-order chi connectivity index (χ0) is 68.7. The predicted octanol–water partition coefficient (Wildman–Crippen LogP) is 20.6. The van der Waals surface area contributed by atoms with Crippen molar-refractivity contribution in [1.82, 2.24) is 24.6 Å². The van der Waals surface area contributed by atoms with E-state index in [0.29, 0.717) is 71.0 Å². The Morgan fingerprint density at radius 1 is 0.479 bits per heavy atom. The van der Waals surface area contributed by atoms with Crippen LogP contribution in [0.1, 0.15) is 137 Å². The van der Waals surface area contributed by atoms with Crippen molar-refractivity contribution in [2.24, 2.45) is 9.29 Å². The number of nitrogens with one attached hydrogen (secondary N) is 1. The second kappa shape index (κ2) is 38.2. The van der Waals surface area contributed by atoms with Crippen molar-refractivity contribution in [1.29, 1.82) is 0 Å². The van der Waals surface area contributed by atoms with Crippen LogP contribution in [0.4, 0.5) is 0 Å². The van der Waals surface area contributed by atoms with Gasteiger partial charge < -0.3 is 29.7 Å². The van der Waals surface area contributed by atoms with Gasteiger partial charge in [-0.2, -0.15) is 0 Å². The first-order valence-corrected chi connectivity index (χ1v) is 39.7. The third kappa shape index (κ3) is 18.0. The third-order valence-corrected chi connectivity index (χ3v) is 22.9. The van der Waals surface area contributed by atoms with Gasteiger partial charge >= 0.3 is 24.8 Å². The van der Waals surface area contributed by atoms with Gasteiger partial charge in [0, 0.05) is 31.5 Å². The van der Waals surface area contributed by atoms with Crippen LogP contribution < -0.4 is 0 Å². The molecule has 5 aliphatic rings. The number of carbonyl (C=O) groups is 5. The van der Waals surface area contributed by atoms with E-state index >= 15 is 0 Å². The topological polar surface area (TPSA) is 159 Å². The van der Waals surface area contributed by atoms with E-state index in [1.54, 1.807) is 45.3 Å². The number of rotatable bonds is 30. The van der Waals surface area contributed by atoms with Crippen LogP contribution in [0.25, 0.3) is 33.4 Å². The number of carbonyl (C=O) groups excluding carboxylic acids is 5. The van der Waals surface area contributed by atoms with Crippen molar-refractivity contribution < 1.29 is 29.1 Å². The molecule has 12 heterocycles. The third-order valence-electron chi connectivity index (χ3n) is 15.6. The molecule has 5 amide bonds. The average molecular weight is 1610 g/mol. The van der Waals surface area contributed by atoms with Gasteiger partial charge in [0.1, 0.15) is 0 Å². The quantitative estimate of drug-likeness (QED) is 0.0134. The number of fused-ring (bicyclic) bond motifs is 3. The predicted molar refractivity (Wildman–Crippen MR) is 418 cm³/mol. The van der Waals surface area contributed by atoms with Gasteiger partial charge in [0.2, 0.25) is 0 Å². The van der Waals surface area contributed by atoms with Crippen molar-refractivity contribution in [2.45, 2.75) is 96.3 Å². The van der Waals surface area contributed by atoms with Crippen LogP contribution in [0.2, 0.25) is 0 Å². The summed E-state index contributed by atoms with van der Waals surface area (Å²) in [7, 11) is 4.34. The molecule has 0 aromatic carbocycles. The number of aromatic amines is 1. The van der Waals surface area contributed by atoms with E-state index in [-0.39, 0.29) is 35.4 Å². The standard InChI is InChI=1S/C26H26Br2N2O2S2.C26H28N2O2S2.C14H8N2O2S2.C6H11Br.BHNS/c1-3-5-7-9-15-29-23(17-11-13-19(27)33-17)21-22(25(29)31)24(18-12-14-20(28)34-18)30(26(21)32)16-10-8-6-4-2;1-3-5-7-9-15-27-23(19-13-11-17-31-19)21-22(25(27)29)24(20-14-12-18-32-20)28(26(21)30)16-10-8-6-4-2;17-13-9-10(12(16-13)8-4-2-6-20-8)14(18)15-11(9)7-3-1-5-19-7;1-2-3-4-5-6-7;1-2-3/h3-4,11-14H,1-2,5-10,15-16H2;3-4,11-14,17-18H,1-2,5-10,15-16H2;1-6,15,18H;2H,1,3-6H2;3H. The molecule has 0 saturated carbocycles. The van der Waals surface area contributed by atoms with E-state index in [9.17, 15) is 29.1 Å². The van der Waals surface area contributed by atoms with Gasteiger partial charge in [0.15, 0.2) is 5.88 Å². The normalized spacial score (nSPS) is 14.4. The Bertz CT molecular complexity index is 3900. The Morgan fingerprint density at radius 3 is 1.10 bits per heavy atom. The fourth-order valence-electron chi connectivity index (χ4n) is 11.3. The molecule has 0 aliphatic carbocycles. The molecule has 499 valence electrons. The first-order chi connectivity index (χ1) is 46.7. The van der Waals surface area contributed by atoms with Crippen LogP contribution in [-0.2, 0) is 19.2 Å². The molecule has 0 spiro atoms. The number of hydrogen-bond acceptors (Lipinski definition) is 14. The Hall–Kier alpha value is -6.19. The molecule has 7 aromatic heterocycles. The number of nitrogens with zero attached hydrogens (tertiary/aromatic N) is 6. The number of aromatic hydroxyl groups is 1. The maximum atomic E-state index is 13.9. The summed E-state index contributed by atoms with van der Waals surface area (Å²) in [5.41, 5.74) is 7.50. The Balaban J connectivity index is 0.000000176. The van der Waals surface area contributed by atoms with Crippen molar-refractivity contribution in [3.8, 4) is 16.5 Å². The summed E-state index contributed by atoms with van der Waals surface area (Å²) >= 11 is 22.9. The van der Waals surface area contributed by atoms with E-state index in [1.807, 2.05) is 144 Å². The Labute approximate surface area is 618 Å². The summed E-state index contributed by atoms with van der Waals surface area (Å²) in [6, 6.07) is 23.5. The summed E-state index contributed by atoms with van der Waals surface area (Å²) in [5, 5.41) is 19.1. The zero-order valence-electron chi connectivity index (χ0n) is 53.1. The summed E-state index contributed by atoms with van der Waals surface area (Å²) in [6.45, 7) is 21.2. The van der Waals surface area contributed by atoms with E-state index in [4.69, 9.17) is 0 Å². The molecular weight excluding hydrogens is 1530 g/mol. The molecule has 0 fully saturated rings. The summed E-state index contributed by atoms with van der Waals surface area (Å²) in [4.78, 5) is 87.4. The minimum atomic E-state index is -0.302. The fourth-order valence-corrected chi connectivity index (χ4v) is 17.7. The minimum absolute atomic E-state index is 0.00130. The first-order valence-electron chi connectivity index (χ1n) is 31.4. The van der Waals surface area contributed by atoms with Crippen LogP contribution in [-0.4, -0.2) is 104 Å². The molecule has 5 aliphatic heterocycles. The molecule has 96 heavy (non-hydrogen) atoms. The zero-order valence-corrected chi connectivity index (χ0v) is 63.6. The summed E-state index contributed by atoms with van der Waals surface area (Å²) < 4.78 is 4.64. The van der Waals surface area contributed by atoms with Gasteiger partial charge in [-0.3, -0.25) is 24.0 Å². The number of aliphatic imine (C=N–C) groups is 1. The monoisotopic (exact) mass is 1600 g/mol. The average Bonchev–Trinajstić information content (AvgIpc) is 1.57. The molecule has 0 saturated heterocycles. The van der Waals surface area contributed by atoms with Crippen molar-refractivity contribution >= 4 is 194 Å². The number of alkyl halides is 1. The van der Waals surface area contributed by atoms with Crippen molar-refractivity contribution in [3.05, 3.63) is 223 Å². The van der Waals surface area contributed by atoms with Crippen LogP contribution in [0.3, 0.4) is 0 Å².